The molecule has 0 saturated carbocycles. The highest BCUT2D eigenvalue weighted by molar-refractivity contribution is 7.98. The predicted molar refractivity (Wildman–Crippen MR) is 86.4 cm³/mol. The van der Waals surface area contributed by atoms with Gasteiger partial charge in [0.15, 0.2) is 5.16 Å². The summed E-state index contributed by atoms with van der Waals surface area (Å²) in [6.07, 6.45) is 6.82. The lowest BCUT2D eigenvalue weighted by atomic mass is 9.95. The van der Waals surface area contributed by atoms with Gasteiger partial charge in [-0.3, -0.25) is 0 Å². The normalized spacial score (nSPS) is 18.4. The number of nitrogens with one attached hydrogen (secondary N) is 1. The summed E-state index contributed by atoms with van der Waals surface area (Å²) in [7, 11) is 0. The van der Waals surface area contributed by atoms with Crippen LogP contribution in [0.15, 0.2) is 11.2 Å². The summed E-state index contributed by atoms with van der Waals surface area (Å²) in [4.78, 5) is 8.35. The largest absolute Gasteiger partial charge is 0.478 e. The Morgan fingerprint density at radius 3 is 3.05 bits per heavy atom. The Labute approximate surface area is 135 Å². The van der Waals surface area contributed by atoms with Gasteiger partial charge in [-0.15, -0.1) is 12.4 Å². The van der Waals surface area contributed by atoms with E-state index in [1.807, 2.05) is 6.26 Å². The van der Waals surface area contributed by atoms with Gasteiger partial charge in [0.25, 0.3) is 0 Å². The lowest BCUT2D eigenvalue weighted by Crippen LogP contribution is -2.29. The topological polar surface area (TPSA) is 47.0 Å². The monoisotopic (exact) mass is 337 g/mol. The molecule has 1 atom stereocenters. The highest BCUT2D eigenvalue weighted by atomic mass is 35.5. The summed E-state index contributed by atoms with van der Waals surface area (Å²) in [5.41, 5.74) is 0. The van der Waals surface area contributed by atoms with Crippen LogP contribution in [0.5, 0.6) is 5.88 Å². The molecule has 0 aromatic carbocycles. The van der Waals surface area contributed by atoms with Gasteiger partial charge in [0, 0.05) is 6.07 Å². The van der Waals surface area contributed by atoms with E-state index in [2.05, 4.69) is 15.3 Å². The first-order valence-corrected chi connectivity index (χ1v) is 8.30. The molecular weight excluding hydrogens is 317 g/mol. The Bertz CT molecular complexity index is 403. The number of piperidine rings is 1. The molecule has 1 N–H and O–H groups in total. The second kappa shape index (κ2) is 9.66. The zero-order valence-corrected chi connectivity index (χ0v) is 14.0. The van der Waals surface area contributed by atoms with Gasteiger partial charge in [-0.1, -0.05) is 23.4 Å². The van der Waals surface area contributed by atoms with E-state index in [0.717, 1.165) is 18.9 Å². The van der Waals surface area contributed by atoms with Crippen molar-refractivity contribution in [2.45, 2.75) is 30.8 Å². The van der Waals surface area contributed by atoms with E-state index < -0.39 is 0 Å². The fourth-order valence-corrected chi connectivity index (χ4v) is 2.86. The molecular formula is C13H21Cl2N3OS. The second-order valence-electron chi connectivity index (χ2n) is 4.72. The lowest BCUT2D eigenvalue weighted by Gasteiger charge is -2.22. The molecule has 2 heterocycles. The van der Waals surface area contributed by atoms with Crippen molar-refractivity contribution in [1.29, 1.82) is 0 Å². The van der Waals surface area contributed by atoms with Gasteiger partial charge in [-0.05, 0) is 50.9 Å². The lowest BCUT2D eigenvalue weighted by molar-refractivity contribution is 0.266. The van der Waals surface area contributed by atoms with Crippen molar-refractivity contribution in [1.82, 2.24) is 15.3 Å². The first-order valence-electron chi connectivity index (χ1n) is 6.70. The molecule has 1 aliphatic rings. The summed E-state index contributed by atoms with van der Waals surface area (Å²) in [5, 5.41) is 4.52. The highest BCUT2D eigenvalue weighted by Crippen LogP contribution is 2.20. The maximum Gasteiger partial charge on any atom is 0.218 e. The molecule has 0 spiro atoms. The average molecular weight is 338 g/mol. The van der Waals surface area contributed by atoms with Crippen LogP contribution in [0.25, 0.3) is 0 Å². The van der Waals surface area contributed by atoms with Gasteiger partial charge in [-0.2, -0.15) is 4.98 Å². The smallest absolute Gasteiger partial charge is 0.218 e. The first-order chi connectivity index (χ1) is 9.28. The van der Waals surface area contributed by atoms with Gasteiger partial charge < -0.3 is 10.1 Å². The Morgan fingerprint density at radius 1 is 1.50 bits per heavy atom. The predicted octanol–water partition coefficient (Wildman–Crippen LogP) is 3.43. The first kappa shape index (κ1) is 17.8. The molecule has 4 nitrogen and oxygen atoms in total. The minimum atomic E-state index is 0. The van der Waals surface area contributed by atoms with Crippen molar-refractivity contribution in [3.05, 3.63) is 11.2 Å². The van der Waals surface area contributed by atoms with E-state index in [9.17, 15) is 0 Å². The fraction of sp³-hybridized carbons (Fsp3) is 0.692. The van der Waals surface area contributed by atoms with Crippen molar-refractivity contribution >= 4 is 35.8 Å². The highest BCUT2D eigenvalue weighted by Gasteiger charge is 2.12. The van der Waals surface area contributed by atoms with Crippen molar-refractivity contribution in [2.75, 3.05) is 26.0 Å². The molecule has 0 aliphatic carbocycles. The molecule has 7 heteroatoms. The number of hydrogen-bond acceptors (Lipinski definition) is 5. The summed E-state index contributed by atoms with van der Waals surface area (Å²) in [5.74, 6) is 1.37. The Hall–Kier alpha value is -0.230. The molecule has 114 valence electrons. The Balaban J connectivity index is 0.00000200. The van der Waals surface area contributed by atoms with Crippen LogP contribution in [-0.2, 0) is 0 Å². The number of halogens is 2. The minimum absolute atomic E-state index is 0. The fourth-order valence-electron chi connectivity index (χ4n) is 2.26. The molecule has 0 radical (unpaired) electrons. The van der Waals surface area contributed by atoms with E-state index in [1.165, 1.54) is 37.6 Å². The third-order valence-electron chi connectivity index (χ3n) is 3.24. The van der Waals surface area contributed by atoms with Crippen molar-refractivity contribution in [3.63, 3.8) is 0 Å². The van der Waals surface area contributed by atoms with Crippen molar-refractivity contribution < 1.29 is 4.74 Å². The van der Waals surface area contributed by atoms with E-state index in [0.29, 0.717) is 22.8 Å². The number of ether oxygens (including phenoxy) is 1. The number of nitrogens with zero attached hydrogens (tertiary/aromatic N) is 2. The maximum absolute atomic E-state index is 5.91. The summed E-state index contributed by atoms with van der Waals surface area (Å²) in [6.45, 7) is 3.01. The van der Waals surface area contributed by atoms with Crippen LogP contribution in [-0.4, -0.2) is 35.9 Å². The van der Waals surface area contributed by atoms with Crippen LogP contribution in [0.4, 0.5) is 0 Å². The van der Waals surface area contributed by atoms with E-state index in [-0.39, 0.29) is 12.4 Å². The van der Waals surface area contributed by atoms with E-state index in [4.69, 9.17) is 16.3 Å². The third kappa shape index (κ3) is 6.04. The molecule has 1 aromatic rings. The van der Waals surface area contributed by atoms with Gasteiger partial charge in [0.2, 0.25) is 5.88 Å². The van der Waals surface area contributed by atoms with Gasteiger partial charge in [-0.25, -0.2) is 4.98 Å². The SMILES string of the molecule is CSc1nc(Cl)cc(OCCCC2CCCNC2)n1.Cl. The molecule has 2 rings (SSSR count). The molecule has 20 heavy (non-hydrogen) atoms. The molecule has 0 amide bonds. The number of aromatic nitrogens is 2. The van der Waals surface area contributed by atoms with Crippen molar-refractivity contribution in [3.8, 4) is 5.88 Å². The molecule has 1 saturated heterocycles. The molecule has 1 unspecified atom stereocenters. The quantitative estimate of drug-likeness (QED) is 0.373. The van der Waals surface area contributed by atoms with Gasteiger partial charge >= 0.3 is 0 Å². The van der Waals surface area contributed by atoms with Gasteiger partial charge in [0.1, 0.15) is 5.15 Å². The molecule has 0 bridgehead atoms. The summed E-state index contributed by atoms with van der Waals surface area (Å²) in [6, 6.07) is 1.67. The Kier molecular flexibility index (Phi) is 8.61. The standard InChI is InChI=1S/C13H20ClN3OS.ClH/c1-19-13-16-11(14)8-12(17-13)18-7-3-5-10-4-2-6-15-9-10;/h8,10,15H,2-7,9H2,1H3;1H. The van der Waals surface area contributed by atoms with Crippen LogP contribution in [0.1, 0.15) is 25.7 Å². The minimum Gasteiger partial charge on any atom is -0.478 e. The van der Waals surface area contributed by atoms with Crippen LogP contribution in [0, 0.1) is 5.92 Å². The molecule has 1 fully saturated rings. The Morgan fingerprint density at radius 2 is 2.35 bits per heavy atom. The van der Waals surface area contributed by atoms with Gasteiger partial charge in [0.05, 0.1) is 6.61 Å². The van der Waals surface area contributed by atoms with Crippen LogP contribution in [0.3, 0.4) is 0 Å². The molecule has 1 aliphatic heterocycles. The zero-order valence-electron chi connectivity index (χ0n) is 11.6. The third-order valence-corrected chi connectivity index (χ3v) is 3.98. The zero-order chi connectivity index (χ0) is 13.5. The molecule has 1 aromatic heterocycles. The van der Waals surface area contributed by atoms with E-state index in [1.54, 1.807) is 6.07 Å². The van der Waals surface area contributed by atoms with E-state index >= 15 is 0 Å². The van der Waals surface area contributed by atoms with Crippen molar-refractivity contribution in [2.24, 2.45) is 5.92 Å². The average Bonchev–Trinajstić information content (AvgIpc) is 2.44. The number of rotatable bonds is 6. The number of hydrogen-bond donors (Lipinski definition) is 1. The summed E-state index contributed by atoms with van der Waals surface area (Å²) < 4.78 is 5.65. The summed E-state index contributed by atoms with van der Waals surface area (Å²) >= 11 is 7.37. The van der Waals surface area contributed by atoms with Crippen LogP contribution < -0.4 is 10.1 Å². The maximum atomic E-state index is 5.91. The van der Waals surface area contributed by atoms with Crippen LogP contribution in [0.2, 0.25) is 5.15 Å². The van der Waals surface area contributed by atoms with Crippen LogP contribution >= 0.6 is 35.8 Å². The second-order valence-corrected chi connectivity index (χ2v) is 5.88. The number of thioether (sulfide) groups is 1.